The summed E-state index contributed by atoms with van der Waals surface area (Å²) in [7, 11) is 1.89. The number of aryl methyl sites for hydroxylation is 1. The van der Waals surface area contributed by atoms with E-state index in [0.29, 0.717) is 6.54 Å². The zero-order chi connectivity index (χ0) is 12.3. The van der Waals surface area contributed by atoms with Crippen molar-refractivity contribution in [3.05, 3.63) is 18.0 Å². The first-order chi connectivity index (χ1) is 8.20. The zero-order valence-corrected chi connectivity index (χ0v) is 10.5. The van der Waals surface area contributed by atoms with Crippen molar-refractivity contribution in [1.29, 1.82) is 0 Å². The molecule has 0 radical (unpaired) electrons. The van der Waals surface area contributed by atoms with Gasteiger partial charge in [-0.3, -0.25) is 9.48 Å². The number of carbonyl (C=O) groups is 1. The molecule has 17 heavy (non-hydrogen) atoms. The van der Waals surface area contributed by atoms with Crippen LogP contribution in [0.4, 0.5) is 0 Å². The van der Waals surface area contributed by atoms with Gasteiger partial charge < -0.3 is 10.2 Å². The van der Waals surface area contributed by atoms with Crippen LogP contribution in [0, 0.1) is 5.92 Å². The molecule has 2 heterocycles. The molecule has 1 aliphatic rings. The fraction of sp³-hybridized carbons (Fsp3) is 0.667. The maximum Gasteiger partial charge on any atom is 0.227 e. The van der Waals surface area contributed by atoms with Crippen LogP contribution in [-0.2, 0) is 18.4 Å². The SMILES string of the molecule is CCN(Cc1cnn(C)c1)C(=O)C1CCNC1. The van der Waals surface area contributed by atoms with E-state index in [-0.39, 0.29) is 11.8 Å². The molecule has 0 saturated carbocycles. The highest BCUT2D eigenvalue weighted by Crippen LogP contribution is 2.13. The summed E-state index contributed by atoms with van der Waals surface area (Å²) in [4.78, 5) is 14.2. The minimum absolute atomic E-state index is 0.159. The minimum Gasteiger partial charge on any atom is -0.338 e. The molecule has 1 aromatic heterocycles. The van der Waals surface area contributed by atoms with Crippen LogP contribution in [0.25, 0.3) is 0 Å². The third kappa shape index (κ3) is 2.85. The molecule has 1 amide bonds. The molecule has 1 N–H and O–H groups in total. The number of rotatable bonds is 4. The molecule has 94 valence electrons. The van der Waals surface area contributed by atoms with Crippen molar-refractivity contribution in [2.24, 2.45) is 13.0 Å². The van der Waals surface area contributed by atoms with Crippen molar-refractivity contribution in [3.8, 4) is 0 Å². The van der Waals surface area contributed by atoms with Gasteiger partial charge in [-0.15, -0.1) is 0 Å². The molecule has 0 bridgehead atoms. The molecule has 1 atom stereocenters. The Bertz CT molecular complexity index is 382. The lowest BCUT2D eigenvalue weighted by atomic mass is 10.1. The number of nitrogens with one attached hydrogen (secondary N) is 1. The molecule has 0 aliphatic carbocycles. The smallest absolute Gasteiger partial charge is 0.227 e. The molecule has 0 spiro atoms. The Labute approximate surface area is 102 Å². The number of aromatic nitrogens is 2. The first-order valence-corrected chi connectivity index (χ1v) is 6.17. The lowest BCUT2D eigenvalue weighted by Gasteiger charge is -2.23. The highest BCUT2D eigenvalue weighted by molar-refractivity contribution is 5.79. The molecule has 0 aromatic carbocycles. The summed E-state index contributed by atoms with van der Waals surface area (Å²) in [6, 6.07) is 0. The lowest BCUT2D eigenvalue weighted by Crippen LogP contribution is -2.36. The van der Waals surface area contributed by atoms with E-state index in [9.17, 15) is 4.79 Å². The molecule has 1 aromatic rings. The van der Waals surface area contributed by atoms with Gasteiger partial charge >= 0.3 is 0 Å². The average Bonchev–Trinajstić information content (AvgIpc) is 2.96. The van der Waals surface area contributed by atoms with Gasteiger partial charge in [0.1, 0.15) is 0 Å². The van der Waals surface area contributed by atoms with Gasteiger partial charge in [0.25, 0.3) is 0 Å². The third-order valence-electron chi connectivity index (χ3n) is 3.23. The van der Waals surface area contributed by atoms with E-state index in [2.05, 4.69) is 10.4 Å². The predicted octanol–water partition coefficient (Wildman–Crippen LogP) is 0.378. The topological polar surface area (TPSA) is 50.2 Å². The summed E-state index contributed by atoms with van der Waals surface area (Å²) in [5.74, 6) is 0.424. The Morgan fingerprint density at radius 3 is 3.06 bits per heavy atom. The minimum atomic E-state index is 0.159. The summed E-state index contributed by atoms with van der Waals surface area (Å²) in [6.45, 7) is 5.23. The van der Waals surface area contributed by atoms with Gasteiger partial charge in [0.05, 0.1) is 12.1 Å². The summed E-state index contributed by atoms with van der Waals surface area (Å²) < 4.78 is 1.77. The summed E-state index contributed by atoms with van der Waals surface area (Å²) in [5.41, 5.74) is 1.09. The standard InChI is InChI=1S/C12H20N4O/c1-3-16(9-10-6-14-15(2)8-10)12(17)11-4-5-13-7-11/h6,8,11,13H,3-5,7,9H2,1-2H3. The van der Waals surface area contributed by atoms with E-state index >= 15 is 0 Å². The van der Waals surface area contributed by atoms with Crippen molar-refractivity contribution >= 4 is 5.91 Å². The monoisotopic (exact) mass is 236 g/mol. The highest BCUT2D eigenvalue weighted by atomic mass is 16.2. The molecule has 1 aliphatic heterocycles. The predicted molar refractivity (Wildman–Crippen MR) is 65.3 cm³/mol. The number of nitrogens with zero attached hydrogens (tertiary/aromatic N) is 3. The third-order valence-corrected chi connectivity index (χ3v) is 3.23. The van der Waals surface area contributed by atoms with E-state index in [1.54, 1.807) is 4.68 Å². The molecule has 1 unspecified atom stereocenters. The van der Waals surface area contributed by atoms with Gasteiger partial charge in [0.15, 0.2) is 0 Å². The number of carbonyl (C=O) groups excluding carboxylic acids is 1. The highest BCUT2D eigenvalue weighted by Gasteiger charge is 2.26. The van der Waals surface area contributed by atoms with E-state index < -0.39 is 0 Å². The summed E-state index contributed by atoms with van der Waals surface area (Å²) in [5, 5.41) is 7.36. The van der Waals surface area contributed by atoms with Crippen LogP contribution in [-0.4, -0.2) is 40.2 Å². The second kappa shape index (κ2) is 5.31. The maximum absolute atomic E-state index is 12.2. The largest absolute Gasteiger partial charge is 0.338 e. The average molecular weight is 236 g/mol. The van der Waals surface area contributed by atoms with Crippen LogP contribution >= 0.6 is 0 Å². The number of hydrogen-bond donors (Lipinski definition) is 1. The van der Waals surface area contributed by atoms with E-state index in [1.807, 2.05) is 31.3 Å². The molecular formula is C12H20N4O. The second-order valence-electron chi connectivity index (χ2n) is 4.56. The van der Waals surface area contributed by atoms with Crippen LogP contribution in [0.15, 0.2) is 12.4 Å². The Balaban J connectivity index is 1.98. The number of amides is 1. The van der Waals surface area contributed by atoms with Crippen molar-refractivity contribution in [2.45, 2.75) is 19.9 Å². The number of hydrogen-bond acceptors (Lipinski definition) is 3. The van der Waals surface area contributed by atoms with Gasteiger partial charge in [-0.25, -0.2) is 0 Å². The van der Waals surface area contributed by atoms with Gasteiger partial charge in [0.2, 0.25) is 5.91 Å². The van der Waals surface area contributed by atoms with Gasteiger partial charge in [-0.1, -0.05) is 0 Å². The fourth-order valence-corrected chi connectivity index (χ4v) is 2.24. The molecule has 1 fully saturated rings. The van der Waals surface area contributed by atoms with Crippen LogP contribution in [0.5, 0.6) is 0 Å². The maximum atomic E-state index is 12.2. The summed E-state index contributed by atoms with van der Waals surface area (Å²) in [6.07, 6.45) is 4.74. The molecular weight excluding hydrogens is 216 g/mol. The van der Waals surface area contributed by atoms with E-state index in [0.717, 1.165) is 31.6 Å². The Morgan fingerprint density at radius 2 is 2.53 bits per heavy atom. The van der Waals surface area contributed by atoms with Gasteiger partial charge in [0, 0.05) is 38.4 Å². The van der Waals surface area contributed by atoms with Crippen molar-refractivity contribution in [2.75, 3.05) is 19.6 Å². The summed E-state index contributed by atoms with van der Waals surface area (Å²) >= 11 is 0. The van der Waals surface area contributed by atoms with Crippen LogP contribution in [0.1, 0.15) is 18.9 Å². The Kier molecular flexibility index (Phi) is 3.78. The van der Waals surface area contributed by atoms with Crippen LogP contribution in [0.2, 0.25) is 0 Å². The molecule has 1 saturated heterocycles. The van der Waals surface area contributed by atoms with Crippen LogP contribution in [0.3, 0.4) is 0 Å². The fourth-order valence-electron chi connectivity index (χ4n) is 2.24. The van der Waals surface area contributed by atoms with Crippen LogP contribution < -0.4 is 5.32 Å². The first kappa shape index (κ1) is 12.1. The van der Waals surface area contributed by atoms with Crippen molar-refractivity contribution in [1.82, 2.24) is 20.0 Å². The molecule has 5 nitrogen and oxygen atoms in total. The Hall–Kier alpha value is -1.36. The molecule has 2 rings (SSSR count). The lowest BCUT2D eigenvalue weighted by molar-refractivity contribution is -0.135. The Morgan fingerprint density at radius 1 is 1.71 bits per heavy atom. The molecule has 5 heteroatoms. The normalized spacial score (nSPS) is 19.5. The first-order valence-electron chi connectivity index (χ1n) is 6.17. The van der Waals surface area contributed by atoms with Gasteiger partial charge in [-0.2, -0.15) is 5.10 Å². The van der Waals surface area contributed by atoms with Crippen molar-refractivity contribution < 1.29 is 4.79 Å². The quantitative estimate of drug-likeness (QED) is 0.822. The van der Waals surface area contributed by atoms with E-state index in [4.69, 9.17) is 0 Å². The zero-order valence-electron chi connectivity index (χ0n) is 10.5. The van der Waals surface area contributed by atoms with Crippen molar-refractivity contribution in [3.63, 3.8) is 0 Å². The van der Waals surface area contributed by atoms with Gasteiger partial charge in [-0.05, 0) is 19.9 Å². The van der Waals surface area contributed by atoms with E-state index in [1.165, 1.54) is 0 Å². The second-order valence-corrected chi connectivity index (χ2v) is 4.56.